The van der Waals surface area contributed by atoms with E-state index >= 15 is 0 Å². The van der Waals surface area contributed by atoms with Crippen molar-refractivity contribution in [3.8, 4) is 0 Å². The topological polar surface area (TPSA) is 31.2 Å². The zero-order chi connectivity index (χ0) is 15.5. The van der Waals surface area contributed by atoms with E-state index in [1.807, 2.05) is 47.2 Å². The Bertz CT molecular complexity index is 790. The monoisotopic (exact) mass is 293 g/mol. The molecule has 0 spiro atoms. The van der Waals surface area contributed by atoms with E-state index in [1.54, 1.807) is 0 Å². The normalized spacial score (nSPS) is 12.3. The lowest BCUT2D eigenvalue weighted by atomic mass is 10.1. The molecule has 0 amide bonds. The second kappa shape index (κ2) is 6.06. The average Bonchev–Trinajstić information content (AvgIpc) is 2.98. The van der Waals surface area contributed by atoms with Crippen molar-refractivity contribution < 1.29 is 9.53 Å². The van der Waals surface area contributed by atoms with Gasteiger partial charge in [-0.2, -0.15) is 0 Å². The predicted molar refractivity (Wildman–Crippen MR) is 87.9 cm³/mol. The van der Waals surface area contributed by atoms with Crippen LogP contribution >= 0.6 is 0 Å². The van der Waals surface area contributed by atoms with Gasteiger partial charge in [0.2, 0.25) is 0 Å². The number of nitrogens with zero attached hydrogens (tertiary/aromatic N) is 1. The van der Waals surface area contributed by atoms with Crippen LogP contribution in [-0.2, 0) is 16.0 Å². The summed E-state index contributed by atoms with van der Waals surface area (Å²) in [6, 6.07) is 17.7. The van der Waals surface area contributed by atoms with Gasteiger partial charge in [0.05, 0.1) is 7.11 Å². The van der Waals surface area contributed by atoms with Crippen LogP contribution in [0.3, 0.4) is 0 Å². The average molecular weight is 293 g/mol. The van der Waals surface area contributed by atoms with Crippen LogP contribution in [-0.4, -0.2) is 17.6 Å². The van der Waals surface area contributed by atoms with Gasteiger partial charge in [-0.25, -0.2) is 4.79 Å². The Labute approximate surface area is 130 Å². The molecule has 1 aromatic heterocycles. The summed E-state index contributed by atoms with van der Waals surface area (Å²) in [6.07, 6.45) is 2.96. The van der Waals surface area contributed by atoms with Crippen molar-refractivity contribution in [3.63, 3.8) is 0 Å². The molecule has 0 saturated carbocycles. The molecule has 2 aromatic carbocycles. The van der Waals surface area contributed by atoms with E-state index in [-0.39, 0.29) is 5.97 Å². The molecular formula is C19H19NO2. The number of carbonyl (C=O) groups is 1. The highest BCUT2D eigenvalue weighted by atomic mass is 16.5. The molecule has 112 valence electrons. The highest BCUT2D eigenvalue weighted by molar-refractivity contribution is 5.85. The maximum Gasteiger partial charge on any atom is 0.333 e. The number of fused-ring (bicyclic) bond motifs is 1. The lowest BCUT2D eigenvalue weighted by Crippen LogP contribution is -2.21. The van der Waals surface area contributed by atoms with Crippen LogP contribution < -0.4 is 0 Å². The molecule has 1 heterocycles. The van der Waals surface area contributed by atoms with Crippen LogP contribution in [0.15, 0.2) is 60.8 Å². The van der Waals surface area contributed by atoms with Gasteiger partial charge in [0.15, 0.2) is 6.04 Å². The van der Waals surface area contributed by atoms with Crippen LogP contribution in [0.2, 0.25) is 0 Å². The van der Waals surface area contributed by atoms with E-state index in [4.69, 9.17) is 4.74 Å². The fraction of sp³-hybridized carbons (Fsp3) is 0.211. The summed E-state index contributed by atoms with van der Waals surface area (Å²) in [5, 5.41) is 1.14. The fourth-order valence-electron chi connectivity index (χ4n) is 2.82. The summed E-state index contributed by atoms with van der Waals surface area (Å²) in [5.74, 6) is -0.261. The van der Waals surface area contributed by atoms with E-state index in [0.717, 1.165) is 22.9 Å². The SMILES string of the molecule is CCc1ccc2c(ccn2C(C(=O)OC)c2ccccc2)c1. The molecule has 0 aliphatic rings. The van der Waals surface area contributed by atoms with Crippen molar-refractivity contribution in [2.75, 3.05) is 7.11 Å². The molecule has 3 heteroatoms. The largest absolute Gasteiger partial charge is 0.467 e. The molecule has 0 radical (unpaired) electrons. The lowest BCUT2D eigenvalue weighted by molar-refractivity contribution is -0.143. The molecule has 1 unspecified atom stereocenters. The standard InChI is InChI=1S/C19H19NO2/c1-3-14-9-10-17-16(13-14)11-12-20(17)18(19(21)22-2)15-7-5-4-6-8-15/h4-13,18H,3H2,1-2H3. The second-order valence-corrected chi connectivity index (χ2v) is 5.31. The van der Waals surface area contributed by atoms with Crippen LogP contribution in [0.1, 0.15) is 24.1 Å². The molecule has 0 aliphatic carbocycles. The third-order valence-electron chi connectivity index (χ3n) is 4.01. The highest BCUT2D eigenvalue weighted by Crippen LogP contribution is 2.27. The molecular weight excluding hydrogens is 274 g/mol. The number of aromatic nitrogens is 1. The summed E-state index contributed by atoms with van der Waals surface area (Å²) in [4.78, 5) is 12.3. The smallest absolute Gasteiger partial charge is 0.333 e. The van der Waals surface area contributed by atoms with Gasteiger partial charge in [0.1, 0.15) is 0 Å². The van der Waals surface area contributed by atoms with Gasteiger partial charge in [-0.3, -0.25) is 0 Å². The molecule has 3 rings (SSSR count). The van der Waals surface area contributed by atoms with Crippen molar-refractivity contribution in [1.82, 2.24) is 4.57 Å². The Balaban J connectivity index is 2.14. The second-order valence-electron chi connectivity index (χ2n) is 5.31. The first-order valence-electron chi connectivity index (χ1n) is 7.47. The van der Waals surface area contributed by atoms with Crippen molar-refractivity contribution >= 4 is 16.9 Å². The number of esters is 1. The molecule has 1 atom stereocenters. The molecule has 0 fully saturated rings. The van der Waals surface area contributed by atoms with E-state index in [9.17, 15) is 4.79 Å². The maximum absolute atomic E-state index is 12.3. The number of benzene rings is 2. The Morgan fingerprint density at radius 1 is 1.14 bits per heavy atom. The first kappa shape index (κ1) is 14.4. The molecule has 0 N–H and O–H groups in total. The minimum atomic E-state index is -0.462. The Morgan fingerprint density at radius 3 is 2.59 bits per heavy atom. The Hall–Kier alpha value is -2.55. The van der Waals surface area contributed by atoms with Crippen molar-refractivity contribution in [2.45, 2.75) is 19.4 Å². The van der Waals surface area contributed by atoms with Crippen molar-refractivity contribution in [3.05, 3.63) is 71.9 Å². The summed E-state index contributed by atoms with van der Waals surface area (Å²) in [7, 11) is 1.43. The number of rotatable bonds is 4. The van der Waals surface area contributed by atoms with Gasteiger partial charge < -0.3 is 9.30 Å². The van der Waals surface area contributed by atoms with E-state index in [0.29, 0.717) is 0 Å². The van der Waals surface area contributed by atoms with Gasteiger partial charge in [-0.05, 0) is 41.1 Å². The van der Waals surface area contributed by atoms with Crippen molar-refractivity contribution in [1.29, 1.82) is 0 Å². The number of methoxy groups -OCH3 is 1. The Kier molecular flexibility index (Phi) is 3.96. The maximum atomic E-state index is 12.3. The molecule has 22 heavy (non-hydrogen) atoms. The van der Waals surface area contributed by atoms with E-state index in [1.165, 1.54) is 12.7 Å². The van der Waals surface area contributed by atoms with Crippen LogP contribution in [0.4, 0.5) is 0 Å². The van der Waals surface area contributed by atoms with Crippen molar-refractivity contribution in [2.24, 2.45) is 0 Å². The highest BCUT2D eigenvalue weighted by Gasteiger charge is 2.24. The molecule has 3 aromatic rings. The lowest BCUT2D eigenvalue weighted by Gasteiger charge is -2.18. The third kappa shape index (κ3) is 2.50. The first-order valence-corrected chi connectivity index (χ1v) is 7.47. The molecule has 0 aliphatic heterocycles. The summed E-state index contributed by atoms with van der Waals surface area (Å²) >= 11 is 0. The number of carbonyl (C=O) groups excluding carboxylic acids is 1. The quantitative estimate of drug-likeness (QED) is 0.682. The minimum Gasteiger partial charge on any atom is -0.467 e. The Morgan fingerprint density at radius 2 is 1.91 bits per heavy atom. The van der Waals surface area contributed by atoms with Crippen LogP contribution in [0, 0.1) is 0 Å². The molecule has 3 nitrogen and oxygen atoms in total. The van der Waals surface area contributed by atoms with E-state index in [2.05, 4.69) is 25.1 Å². The fourth-order valence-corrected chi connectivity index (χ4v) is 2.82. The number of hydrogen-bond donors (Lipinski definition) is 0. The minimum absolute atomic E-state index is 0.261. The summed E-state index contributed by atoms with van der Waals surface area (Å²) in [6.45, 7) is 2.14. The number of hydrogen-bond acceptors (Lipinski definition) is 2. The van der Waals surface area contributed by atoms with Gasteiger partial charge in [-0.15, -0.1) is 0 Å². The van der Waals surface area contributed by atoms with Crippen LogP contribution in [0.25, 0.3) is 10.9 Å². The number of ether oxygens (including phenoxy) is 1. The predicted octanol–water partition coefficient (Wildman–Crippen LogP) is 3.97. The summed E-state index contributed by atoms with van der Waals surface area (Å²) in [5.41, 5.74) is 3.25. The zero-order valence-electron chi connectivity index (χ0n) is 12.8. The van der Waals surface area contributed by atoms with Crippen LogP contribution in [0.5, 0.6) is 0 Å². The summed E-state index contributed by atoms with van der Waals surface area (Å²) < 4.78 is 7.01. The third-order valence-corrected chi connectivity index (χ3v) is 4.01. The van der Waals surface area contributed by atoms with E-state index < -0.39 is 6.04 Å². The van der Waals surface area contributed by atoms with Gasteiger partial charge >= 0.3 is 5.97 Å². The zero-order valence-corrected chi connectivity index (χ0v) is 12.8. The number of aryl methyl sites for hydroxylation is 1. The molecule has 0 bridgehead atoms. The molecule has 0 saturated heterocycles. The first-order chi connectivity index (χ1) is 10.7. The van der Waals surface area contributed by atoms with Gasteiger partial charge in [0, 0.05) is 11.7 Å². The van der Waals surface area contributed by atoms with Gasteiger partial charge in [-0.1, -0.05) is 43.3 Å². The van der Waals surface area contributed by atoms with Gasteiger partial charge in [0.25, 0.3) is 0 Å².